The van der Waals surface area contributed by atoms with Crippen molar-refractivity contribution in [1.82, 2.24) is 9.80 Å². The lowest BCUT2D eigenvalue weighted by Gasteiger charge is -2.35. The van der Waals surface area contributed by atoms with Crippen LogP contribution < -0.4 is 9.47 Å². The monoisotopic (exact) mass is 444 g/mol. The highest BCUT2D eigenvalue weighted by Gasteiger charge is 2.26. The van der Waals surface area contributed by atoms with Crippen molar-refractivity contribution < 1.29 is 23.9 Å². The van der Waals surface area contributed by atoms with Crippen molar-refractivity contribution in [3.05, 3.63) is 45.1 Å². The van der Waals surface area contributed by atoms with Gasteiger partial charge >= 0.3 is 0 Å². The number of ether oxygens (including phenoxy) is 2. The zero-order valence-electron chi connectivity index (χ0n) is 18.4. The third-order valence-electron chi connectivity index (χ3n) is 5.43. The first-order valence-corrected chi connectivity index (χ1v) is 11.0. The highest BCUT2D eigenvalue weighted by Crippen LogP contribution is 2.24. The first-order valence-electron chi connectivity index (χ1n) is 10.2. The van der Waals surface area contributed by atoms with E-state index in [2.05, 4.69) is 0 Å². The van der Waals surface area contributed by atoms with E-state index >= 15 is 0 Å². The summed E-state index contributed by atoms with van der Waals surface area (Å²) in [4.78, 5) is 43.4. The molecular weight excluding hydrogens is 416 g/mol. The predicted octanol–water partition coefficient (Wildman–Crippen LogP) is 3.33. The number of carbonyl (C=O) groups excluding carboxylic acids is 3. The van der Waals surface area contributed by atoms with E-state index in [9.17, 15) is 14.4 Å². The largest absolute Gasteiger partial charge is 0.497 e. The molecule has 3 rings (SSSR count). The van der Waals surface area contributed by atoms with Gasteiger partial charge < -0.3 is 19.3 Å². The lowest BCUT2D eigenvalue weighted by molar-refractivity contribution is -0.132. The Morgan fingerprint density at radius 2 is 1.45 bits per heavy atom. The van der Waals surface area contributed by atoms with Crippen LogP contribution in [0.1, 0.15) is 43.3 Å². The average Bonchev–Trinajstić information content (AvgIpc) is 3.14. The van der Waals surface area contributed by atoms with Crippen LogP contribution in [-0.4, -0.2) is 67.8 Å². The summed E-state index contributed by atoms with van der Waals surface area (Å²) < 4.78 is 10.5. The number of Topliss-reactive ketones (excluding diaryl/α,β-unsaturated/α-hetero) is 1. The number of amides is 2. The molecule has 2 amide bonds. The van der Waals surface area contributed by atoms with Gasteiger partial charge in [0.25, 0.3) is 5.91 Å². The lowest BCUT2D eigenvalue weighted by Crippen LogP contribution is -2.50. The lowest BCUT2D eigenvalue weighted by atomic mass is 10.1. The minimum absolute atomic E-state index is 0.0102. The van der Waals surface area contributed by atoms with E-state index < -0.39 is 0 Å². The number of benzene rings is 1. The molecule has 0 unspecified atom stereocenters. The van der Waals surface area contributed by atoms with Crippen LogP contribution in [0.25, 0.3) is 0 Å². The van der Waals surface area contributed by atoms with Gasteiger partial charge in [0.05, 0.1) is 14.2 Å². The predicted molar refractivity (Wildman–Crippen MR) is 119 cm³/mol. The highest BCUT2D eigenvalue weighted by atomic mass is 32.1. The molecule has 0 aliphatic carbocycles. The van der Waals surface area contributed by atoms with Crippen molar-refractivity contribution in [2.75, 3.05) is 40.4 Å². The number of piperazine rings is 1. The van der Waals surface area contributed by atoms with Gasteiger partial charge in [-0.2, -0.15) is 0 Å². The number of carbonyl (C=O) groups is 3. The maximum Gasteiger partial charge on any atom is 0.254 e. The Morgan fingerprint density at radius 3 is 1.97 bits per heavy atom. The molecule has 7 nitrogen and oxygen atoms in total. The first-order chi connectivity index (χ1) is 14.8. The normalized spacial score (nSPS) is 13.8. The second-order valence-corrected chi connectivity index (χ2v) is 8.98. The molecule has 1 fully saturated rings. The molecular formula is C23H28N2O5S. The van der Waals surface area contributed by atoms with Gasteiger partial charge in [-0.25, -0.2) is 0 Å². The van der Waals surface area contributed by atoms with Crippen molar-refractivity contribution >= 4 is 28.9 Å². The Morgan fingerprint density at radius 1 is 0.871 bits per heavy atom. The molecule has 8 heteroatoms. The quantitative estimate of drug-likeness (QED) is 0.613. The number of aryl methyl sites for hydroxylation is 2. The summed E-state index contributed by atoms with van der Waals surface area (Å²) in [5.41, 5.74) is 1.21. The zero-order valence-corrected chi connectivity index (χ0v) is 19.2. The maximum atomic E-state index is 12.9. The van der Waals surface area contributed by atoms with Gasteiger partial charge in [0.2, 0.25) is 5.91 Å². The minimum Gasteiger partial charge on any atom is -0.497 e. The average molecular weight is 445 g/mol. The van der Waals surface area contributed by atoms with Crippen LogP contribution in [0.5, 0.6) is 11.5 Å². The van der Waals surface area contributed by atoms with Gasteiger partial charge in [-0.05, 0) is 32.0 Å². The van der Waals surface area contributed by atoms with Crippen LogP contribution in [0.3, 0.4) is 0 Å². The summed E-state index contributed by atoms with van der Waals surface area (Å²) in [6, 6.07) is 6.97. The summed E-state index contributed by atoms with van der Waals surface area (Å²) in [6.07, 6.45) is 0.396. The number of nitrogens with zero attached hydrogens (tertiary/aromatic N) is 2. The fourth-order valence-corrected chi connectivity index (χ4v) is 4.64. The minimum atomic E-state index is -0.122. The molecule has 2 heterocycles. The molecule has 166 valence electrons. The molecule has 0 radical (unpaired) electrons. The smallest absolute Gasteiger partial charge is 0.254 e. The summed E-state index contributed by atoms with van der Waals surface area (Å²) in [7, 11) is 3.08. The second kappa shape index (κ2) is 9.96. The Kier molecular flexibility index (Phi) is 7.33. The first kappa shape index (κ1) is 22.8. The SMILES string of the molecule is COc1cc(OC)cc(C(=O)N2CCN(C(=O)CCC(=O)c3cc(C)sc3C)CC2)c1. The molecule has 1 aromatic carbocycles. The van der Waals surface area contributed by atoms with Crippen LogP contribution >= 0.6 is 11.3 Å². The van der Waals surface area contributed by atoms with E-state index in [1.165, 1.54) is 0 Å². The molecule has 1 aliphatic rings. The van der Waals surface area contributed by atoms with Gasteiger partial charge in [0.15, 0.2) is 5.78 Å². The van der Waals surface area contributed by atoms with Gasteiger partial charge in [-0.15, -0.1) is 11.3 Å². The number of hydrogen-bond donors (Lipinski definition) is 0. The molecule has 0 atom stereocenters. The van der Waals surface area contributed by atoms with Crippen LogP contribution in [0.4, 0.5) is 0 Å². The third-order valence-corrected chi connectivity index (χ3v) is 6.39. The Balaban J connectivity index is 1.53. The molecule has 0 N–H and O–H groups in total. The Bertz CT molecular complexity index is 954. The van der Waals surface area contributed by atoms with Crippen molar-refractivity contribution in [3.8, 4) is 11.5 Å². The Labute approximate surface area is 186 Å². The van der Waals surface area contributed by atoms with Crippen LogP contribution in [0.15, 0.2) is 24.3 Å². The van der Waals surface area contributed by atoms with E-state index in [0.29, 0.717) is 43.2 Å². The maximum absolute atomic E-state index is 12.9. The van der Waals surface area contributed by atoms with E-state index in [4.69, 9.17) is 9.47 Å². The van der Waals surface area contributed by atoms with Crippen molar-refractivity contribution in [2.24, 2.45) is 0 Å². The van der Waals surface area contributed by atoms with Gasteiger partial charge in [0, 0.05) is 66.0 Å². The van der Waals surface area contributed by atoms with E-state index in [1.54, 1.807) is 53.6 Å². The van der Waals surface area contributed by atoms with Crippen LogP contribution in [0.2, 0.25) is 0 Å². The molecule has 1 aromatic heterocycles. The van der Waals surface area contributed by atoms with E-state index in [-0.39, 0.29) is 30.4 Å². The standard InChI is InChI=1S/C23H28N2O5S/c1-15-11-20(16(2)31-15)21(26)5-6-22(27)24-7-9-25(10-8-24)23(28)17-12-18(29-3)14-19(13-17)30-4/h11-14H,5-10H2,1-4H3. The molecule has 2 aromatic rings. The molecule has 0 spiro atoms. The van der Waals surface area contributed by atoms with Gasteiger partial charge in [-0.1, -0.05) is 0 Å². The summed E-state index contributed by atoms with van der Waals surface area (Å²) >= 11 is 1.60. The highest BCUT2D eigenvalue weighted by molar-refractivity contribution is 7.12. The molecule has 31 heavy (non-hydrogen) atoms. The zero-order chi connectivity index (χ0) is 22.5. The van der Waals surface area contributed by atoms with Crippen LogP contribution in [0, 0.1) is 13.8 Å². The number of thiophene rings is 1. The summed E-state index contributed by atoms with van der Waals surface area (Å²) in [5.74, 6) is 0.946. The van der Waals surface area contributed by atoms with Crippen molar-refractivity contribution in [1.29, 1.82) is 0 Å². The van der Waals surface area contributed by atoms with Gasteiger partial charge in [0.1, 0.15) is 11.5 Å². The summed E-state index contributed by atoms with van der Waals surface area (Å²) in [5, 5.41) is 0. The van der Waals surface area contributed by atoms with E-state index in [1.807, 2.05) is 19.9 Å². The topological polar surface area (TPSA) is 76.2 Å². The number of rotatable bonds is 7. The van der Waals surface area contributed by atoms with Gasteiger partial charge in [-0.3, -0.25) is 14.4 Å². The summed E-state index contributed by atoms with van der Waals surface area (Å²) in [6.45, 7) is 5.71. The fraction of sp³-hybridized carbons (Fsp3) is 0.435. The molecule has 0 saturated carbocycles. The number of hydrogen-bond acceptors (Lipinski definition) is 6. The molecule has 1 saturated heterocycles. The van der Waals surface area contributed by atoms with Crippen molar-refractivity contribution in [3.63, 3.8) is 0 Å². The molecule has 1 aliphatic heterocycles. The fourth-order valence-electron chi connectivity index (χ4n) is 3.69. The number of methoxy groups -OCH3 is 2. The second-order valence-electron chi connectivity index (χ2n) is 7.52. The Hall–Kier alpha value is -2.87. The third kappa shape index (κ3) is 5.44. The number of ketones is 1. The van der Waals surface area contributed by atoms with Crippen molar-refractivity contribution in [2.45, 2.75) is 26.7 Å². The van der Waals surface area contributed by atoms with Crippen LogP contribution in [-0.2, 0) is 4.79 Å². The molecule has 0 bridgehead atoms. The van der Waals surface area contributed by atoms with E-state index in [0.717, 1.165) is 15.3 Å².